The lowest BCUT2D eigenvalue weighted by Crippen LogP contribution is -2.45. The van der Waals surface area contributed by atoms with E-state index in [1.54, 1.807) is 29.7 Å². The highest BCUT2D eigenvalue weighted by Gasteiger charge is 2.32. The number of aryl methyl sites for hydroxylation is 2. The average Bonchev–Trinajstić information content (AvgIpc) is 3.42. The van der Waals surface area contributed by atoms with E-state index in [0.29, 0.717) is 6.54 Å². The number of hydrogen-bond acceptors (Lipinski definition) is 5. The van der Waals surface area contributed by atoms with Crippen LogP contribution in [-0.4, -0.2) is 48.3 Å². The van der Waals surface area contributed by atoms with E-state index in [2.05, 4.69) is 39.2 Å². The Bertz CT molecular complexity index is 1050. The minimum Gasteiger partial charge on any atom is -0.335 e. The highest BCUT2D eigenvalue weighted by molar-refractivity contribution is 7.10. The van der Waals surface area contributed by atoms with E-state index in [-0.39, 0.29) is 24.4 Å². The molecule has 2 aromatic heterocycles. The Morgan fingerprint density at radius 2 is 1.87 bits per heavy atom. The van der Waals surface area contributed by atoms with Crippen LogP contribution in [-0.2, 0) is 16.0 Å². The lowest BCUT2D eigenvalue weighted by atomic mass is 9.98. The van der Waals surface area contributed by atoms with Gasteiger partial charge in [-0.15, -0.1) is 22.7 Å². The number of para-hydroxylation sites is 1. The standard InChI is InChI=1S/C24H27N3O2S2/c1-16-6-4-7-17(2)23(16)25-21(28)14-26(3)22(29)15-27-11-9-19-18(10-13-31-19)24(27)20-8-5-12-30-20/h4-8,10,12-13,24H,9,11,14-15H2,1-3H3,(H,25,28). The van der Waals surface area contributed by atoms with Crippen molar-refractivity contribution in [1.82, 2.24) is 9.80 Å². The molecule has 1 atom stereocenters. The molecule has 0 aliphatic carbocycles. The maximum atomic E-state index is 13.0. The second kappa shape index (κ2) is 9.34. The maximum Gasteiger partial charge on any atom is 0.243 e. The predicted molar refractivity (Wildman–Crippen MR) is 128 cm³/mol. The van der Waals surface area contributed by atoms with Crippen molar-refractivity contribution in [2.75, 3.05) is 32.0 Å². The number of rotatable bonds is 6. The third-order valence-corrected chi connectivity index (χ3v) is 7.69. The van der Waals surface area contributed by atoms with Crippen molar-refractivity contribution in [3.8, 4) is 0 Å². The number of anilines is 1. The van der Waals surface area contributed by atoms with E-state index >= 15 is 0 Å². The summed E-state index contributed by atoms with van der Waals surface area (Å²) in [6, 6.07) is 12.4. The van der Waals surface area contributed by atoms with Gasteiger partial charge in [-0.3, -0.25) is 14.5 Å². The number of likely N-dealkylation sites (N-methyl/N-ethyl adjacent to an activating group) is 1. The van der Waals surface area contributed by atoms with Crippen molar-refractivity contribution in [1.29, 1.82) is 0 Å². The van der Waals surface area contributed by atoms with Crippen LogP contribution in [0.1, 0.15) is 32.5 Å². The molecule has 3 aromatic rings. The summed E-state index contributed by atoms with van der Waals surface area (Å²) in [5, 5.41) is 7.19. The number of carbonyl (C=O) groups is 2. The summed E-state index contributed by atoms with van der Waals surface area (Å²) in [7, 11) is 1.70. The summed E-state index contributed by atoms with van der Waals surface area (Å²) in [4.78, 5) is 32.0. The normalized spacial score (nSPS) is 16.0. The minimum atomic E-state index is -0.179. The van der Waals surface area contributed by atoms with E-state index in [1.807, 2.05) is 32.0 Å². The molecule has 1 aliphatic heterocycles. The third-order valence-electron chi connectivity index (χ3n) is 5.77. The smallest absolute Gasteiger partial charge is 0.243 e. The zero-order valence-corrected chi connectivity index (χ0v) is 19.7. The number of benzene rings is 1. The number of nitrogens with one attached hydrogen (secondary N) is 1. The molecule has 1 unspecified atom stereocenters. The Balaban J connectivity index is 1.42. The zero-order valence-electron chi connectivity index (χ0n) is 18.1. The van der Waals surface area contributed by atoms with Crippen LogP contribution in [0.25, 0.3) is 0 Å². The molecule has 7 heteroatoms. The van der Waals surface area contributed by atoms with Gasteiger partial charge < -0.3 is 10.2 Å². The van der Waals surface area contributed by atoms with Gasteiger partial charge in [0.25, 0.3) is 0 Å². The lowest BCUT2D eigenvalue weighted by Gasteiger charge is -2.35. The van der Waals surface area contributed by atoms with Gasteiger partial charge in [-0.1, -0.05) is 24.3 Å². The van der Waals surface area contributed by atoms with Gasteiger partial charge in [0.2, 0.25) is 11.8 Å². The van der Waals surface area contributed by atoms with Crippen LogP contribution >= 0.6 is 22.7 Å². The van der Waals surface area contributed by atoms with E-state index < -0.39 is 0 Å². The van der Waals surface area contributed by atoms with Gasteiger partial charge in [0, 0.05) is 29.0 Å². The molecule has 0 fully saturated rings. The summed E-state index contributed by atoms with van der Waals surface area (Å²) in [5.41, 5.74) is 4.16. The monoisotopic (exact) mass is 453 g/mol. The second-order valence-corrected chi connectivity index (χ2v) is 9.98. The molecule has 0 saturated carbocycles. The quantitative estimate of drug-likeness (QED) is 0.599. The van der Waals surface area contributed by atoms with Crippen molar-refractivity contribution < 1.29 is 9.59 Å². The summed E-state index contributed by atoms with van der Waals surface area (Å²) >= 11 is 3.52. The van der Waals surface area contributed by atoms with Gasteiger partial charge >= 0.3 is 0 Å². The molecule has 31 heavy (non-hydrogen) atoms. The number of fused-ring (bicyclic) bond motifs is 1. The Hall–Kier alpha value is -2.48. The largest absolute Gasteiger partial charge is 0.335 e. The van der Waals surface area contributed by atoms with Crippen LogP contribution in [0.3, 0.4) is 0 Å². The molecule has 162 valence electrons. The van der Waals surface area contributed by atoms with Crippen molar-refractivity contribution in [2.24, 2.45) is 0 Å². The fraction of sp³-hybridized carbons (Fsp3) is 0.333. The van der Waals surface area contributed by atoms with Crippen molar-refractivity contribution in [3.63, 3.8) is 0 Å². The number of thiophene rings is 2. The first-order valence-electron chi connectivity index (χ1n) is 10.4. The van der Waals surface area contributed by atoms with Crippen molar-refractivity contribution in [3.05, 3.63) is 73.6 Å². The van der Waals surface area contributed by atoms with Crippen LogP contribution < -0.4 is 5.32 Å². The molecule has 4 rings (SSSR count). The number of hydrogen-bond donors (Lipinski definition) is 1. The Kier molecular flexibility index (Phi) is 6.55. The van der Waals surface area contributed by atoms with Gasteiger partial charge in [0.05, 0.1) is 19.1 Å². The summed E-state index contributed by atoms with van der Waals surface area (Å²) in [6.45, 7) is 5.11. The summed E-state index contributed by atoms with van der Waals surface area (Å²) in [6.07, 6.45) is 0.957. The van der Waals surface area contributed by atoms with Crippen LogP contribution in [0, 0.1) is 13.8 Å². The van der Waals surface area contributed by atoms with E-state index in [9.17, 15) is 9.59 Å². The second-order valence-electron chi connectivity index (χ2n) is 8.00. The maximum absolute atomic E-state index is 13.0. The van der Waals surface area contributed by atoms with Crippen molar-refractivity contribution in [2.45, 2.75) is 26.3 Å². The number of nitrogens with zero attached hydrogens (tertiary/aromatic N) is 2. The highest BCUT2D eigenvalue weighted by atomic mass is 32.1. The van der Waals surface area contributed by atoms with E-state index in [4.69, 9.17) is 0 Å². The average molecular weight is 454 g/mol. The van der Waals surface area contributed by atoms with E-state index in [1.165, 1.54) is 20.2 Å². The van der Waals surface area contributed by atoms with Crippen molar-refractivity contribution >= 4 is 40.2 Å². The van der Waals surface area contributed by atoms with Gasteiger partial charge in [-0.25, -0.2) is 0 Å². The van der Waals surface area contributed by atoms with Crippen LogP contribution in [0.15, 0.2) is 47.2 Å². The first-order chi connectivity index (χ1) is 14.9. The molecule has 0 bridgehead atoms. The minimum absolute atomic E-state index is 0.0355. The first kappa shape index (κ1) is 21.7. The third kappa shape index (κ3) is 4.74. The lowest BCUT2D eigenvalue weighted by molar-refractivity contribution is -0.134. The molecule has 3 heterocycles. The molecule has 1 aromatic carbocycles. The molecule has 0 radical (unpaired) electrons. The Morgan fingerprint density at radius 3 is 2.58 bits per heavy atom. The highest BCUT2D eigenvalue weighted by Crippen LogP contribution is 2.39. The van der Waals surface area contributed by atoms with Crippen LogP contribution in [0.4, 0.5) is 5.69 Å². The molecule has 1 N–H and O–H groups in total. The van der Waals surface area contributed by atoms with E-state index in [0.717, 1.165) is 29.8 Å². The first-order valence-corrected chi connectivity index (χ1v) is 12.1. The number of amides is 2. The predicted octanol–water partition coefficient (Wildman–Crippen LogP) is 4.47. The molecular formula is C24H27N3O2S2. The summed E-state index contributed by atoms with van der Waals surface area (Å²) < 4.78 is 0. The molecule has 2 amide bonds. The van der Waals surface area contributed by atoms with Gasteiger partial charge in [0.1, 0.15) is 0 Å². The fourth-order valence-electron chi connectivity index (χ4n) is 4.11. The Labute approximate surface area is 191 Å². The molecule has 0 saturated heterocycles. The Morgan fingerprint density at radius 1 is 1.10 bits per heavy atom. The molecule has 1 aliphatic rings. The summed E-state index contributed by atoms with van der Waals surface area (Å²) in [5.74, 6) is -0.223. The van der Waals surface area contributed by atoms with Crippen LogP contribution in [0.2, 0.25) is 0 Å². The molecule has 5 nitrogen and oxygen atoms in total. The zero-order chi connectivity index (χ0) is 22.0. The molecule has 0 spiro atoms. The number of carbonyl (C=O) groups excluding carboxylic acids is 2. The van der Waals surface area contributed by atoms with Gasteiger partial charge in [-0.2, -0.15) is 0 Å². The molecular weight excluding hydrogens is 426 g/mol. The topological polar surface area (TPSA) is 52.7 Å². The van der Waals surface area contributed by atoms with Gasteiger partial charge in [0.15, 0.2) is 0 Å². The van der Waals surface area contributed by atoms with Gasteiger partial charge in [-0.05, 0) is 59.9 Å². The SMILES string of the molecule is Cc1cccc(C)c1NC(=O)CN(C)C(=O)CN1CCc2sccc2C1c1cccs1. The fourth-order valence-corrected chi connectivity index (χ4v) is 5.89. The van der Waals surface area contributed by atoms with Crippen LogP contribution in [0.5, 0.6) is 0 Å².